The van der Waals surface area contributed by atoms with Crippen LogP contribution in [-0.4, -0.2) is 86.1 Å². The summed E-state index contributed by atoms with van der Waals surface area (Å²) in [6.45, 7) is 6.99. The predicted octanol–water partition coefficient (Wildman–Crippen LogP) is 5.17. The van der Waals surface area contributed by atoms with E-state index in [1.165, 1.54) is 12.8 Å². The second-order valence-electron chi connectivity index (χ2n) is 12.1. The summed E-state index contributed by atoms with van der Waals surface area (Å²) in [6, 6.07) is 9.90. The fourth-order valence-electron chi connectivity index (χ4n) is 7.72. The minimum absolute atomic E-state index is 0.0220. The van der Waals surface area contributed by atoms with Gasteiger partial charge in [-0.2, -0.15) is 9.97 Å². The number of halogens is 2. The molecule has 9 nitrogen and oxygen atoms in total. The third-order valence-electron chi connectivity index (χ3n) is 9.87. The van der Waals surface area contributed by atoms with Crippen LogP contribution in [-0.2, 0) is 4.79 Å². The van der Waals surface area contributed by atoms with E-state index in [0.29, 0.717) is 42.1 Å². The van der Waals surface area contributed by atoms with E-state index in [4.69, 9.17) is 31.3 Å². The molecule has 4 saturated heterocycles. The molecular formula is C32H31ClFN7O2. The first-order valence-electron chi connectivity index (χ1n) is 14.9. The van der Waals surface area contributed by atoms with Gasteiger partial charge in [-0.25, -0.2) is 9.37 Å². The fourth-order valence-corrected chi connectivity index (χ4v) is 8.01. The SMILES string of the molecule is C=C(F)C(=O)N1CC[C@H]2[C@H]1CN2c1nc(OCC23CCCN2CCC3)nc2nc(-c3cncc4cccc(Cl)c34)ccc12. The molecule has 43 heavy (non-hydrogen) atoms. The lowest BCUT2D eigenvalue weighted by Gasteiger charge is -2.47. The van der Waals surface area contributed by atoms with Crippen LogP contribution in [0.3, 0.4) is 0 Å². The summed E-state index contributed by atoms with van der Waals surface area (Å²) in [6.07, 6.45) is 8.87. The van der Waals surface area contributed by atoms with Crippen LogP contribution in [0.1, 0.15) is 32.1 Å². The summed E-state index contributed by atoms with van der Waals surface area (Å²) >= 11 is 6.63. The number of rotatable bonds is 6. The molecule has 4 aromatic rings. The molecule has 0 unspecified atom stereocenters. The third kappa shape index (κ3) is 4.25. The highest BCUT2D eigenvalue weighted by Gasteiger charge is 2.50. The number of carbonyl (C=O) groups is 1. The molecule has 7 heterocycles. The number of likely N-dealkylation sites (tertiary alicyclic amines) is 1. The Bertz CT molecular complexity index is 1790. The lowest BCUT2D eigenvalue weighted by atomic mass is 9.95. The van der Waals surface area contributed by atoms with Crippen molar-refractivity contribution in [2.45, 2.75) is 49.7 Å². The Morgan fingerprint density at radius 1 is 1.07 bits per heavy atom. The highest BCUT2D eigenvalue weighted by atomic mass is 35.5. The van der Waals surface area contributed by atoms with E-state index in [9.17, 15) is 9.18 Å². The van der Waals surface area contributed by atoms with E-state index in [-0.39, 0.29) is 17.6 Å². The van der Waals surface area contributed by atoms with Crippen molar-refractivity contribution in [2.24, 2.45) is 0 Å². The van der Waals surface area contributed by atoms with Crippen molar-refractivity contribution in [1.29, 1.82) is 0 Å². The zero-order valence-electron chi connectivity index (χ0n) is 23.7. The zero-order valence-corrected chi connectivity index (χ0v) is 24.4. The Balaban J connectivity index is 1.19. The van der Waals surface area contributed by atoms with E-state index < -0.39 is 11.7 Å². The number of hydrogen-bond donors (Lipinski definition) is 0. The molecule has 0 spiro atoms. The standard InChI is InChI=1S/C32H31ClFN7O2/c1-19(34)30(42)40-14-9-25-26(40)17-41(25)29-21-7-8-24(22-16-35-15-20-5-2-6-23(33)27(20)22)36-28(21)37-31(38-29)43-18-32-10-3-12-39(32)13-4-11-32/h2,5-8,15-16,25-26H,1,3-4,9-14,17-18H2/t25-,26+/m0/s1. The number of carbonyl (C=O) groups excluding carboxylic acids is 1. The Labute approximate surface area is 253 Å². The van der Waals surface area contributed by atoms with Crippen molar-refractivity contribution in [2.75, 3.05) is 37.7 Å². The minimum Gasteiger partial charge on any atom is -0.461 e. The molecule has 1 amide bonds. The maximum Gasteiger partial charge on any atom is 0.320 e. The summed E-state index contributed by atoms with van der Waals surface area (Å²) in [7, 11) is 0. The van der Waals surface area contributed by atoms with Gasteiger partial charge in [-0.1, -0.05) is 30.3 Å². The number of hydrogen-bond acceptors (Lipinski definition) is 8. The highest BCUT2D eigenvalue weighted by Crippen LogP contribution is 2.42. The van der Waals surface area contributed by atoms with Crippen LogP contribution in [0.25, 0.3) is 33.1 Å². The number of fused-ring (bicyclic) bond motifs is 4. The molecular weight excluding hydrogens is 569 g/mol. The number of benzene rings is 1. The molecule has 2 atom stereocenters. The maximum absolute atomic E-state index is 13.7. The summed E-state index contributed by atoms with van der Waals surface area (Å²) in [5, 5.41) is 3.23. The molecule has 4 aliphatic rings. The molecule has 11 heteroatoms. The molecule has 0 N–H and O–H groups in total. The Kier molecular flexibility index (Phi) is 6.27. The molecule has 0 radical (unpaired) electrons. The Morgan fingerprint density at radius 3 is 2.72 bits per heavy atom. The van der Waals surface area contributed by atoms with Gasteiger partial charge in [0.05, 0.1) is 28.7 Å². The van der Waals surface area contributed by atoms with Crippen molar-refractivity contribution >= 4 is 45.1 Å². The third-order valence-corrected chi connectivity index (χ3v) is 10.2. The molecule has 4 fully saturated rings. The van der Waals surface area contributed by atoms with Gasteiger partial charge in [0.1, 0.15) is 12.4 Å². The van der Waals surface area contributed by atoms with E-state index in [1.54, 1.807) is 17.3 Å². The van der Waals surface area contributed by atoms with Gasteiger partial charge in [0.2, 0.25) is 0 Å². The first-order chi connectivity index (χ1) is 20.9. The lowest BCUT2D eigenvalue weighted by Crippen LogP contribution is -2.63. The molecule has 220 valence electrons. The van der Waals surface area contributed by atoms with E-state index >= 15 is 0 Å². The summed E-state index contributed by atoms with van der Waals surface area (Å²) in [5.74, 6) is -0.835. The second kappa shape index (κ2) is 10.1. The molecule has 3 aromatic heterocycles. The van der Waals surface area contributed by atoms with Crippen molar-refractivity contribution in [1.82, 2.24) is 29.7 Å². The molecule has 0 bridgehead atoms. The van der Waals surface area contributed by atoms with E-state index in [2.05, 4.69) is 21.4 Å². The number of aromatic nitrogens is 4. The number of pyridine rings is 2. The summed E-state index contributed by atoms with van der Waals surface area (Å²) in [4.78, 5) is 37.9. The van der Waals surface area contributed by atoms with Crippen LogP contribution in [0.2, 0.25) is 5.02 Å². The van der Waals surface area contributed by atoms with Crippen molar-refractivity contribution in [3.63, 3.8) is 0 Å². The van der Waals surface area contributed by atoms with Gasteiger partial charge in [0.15, 0.2) is 11.5 Å². The number of ether oxygens (including phenoxy) is 1. The van der Waals surface area contributed by atoms with Gasteiger partial charge >= 0.3 is 6.01 Å². The van der Waals surface area contributed by atoms with Crippen LogP contribution < -0.4 is 9.64 Å². The predicted molar refractivity (Wildman–Crippen MR) is 163 cm³/mol. The first-order valence-corrected chi connectivity index (χ1v) is 15.3. The lowest BCUT2D eigenvalue weighted by molar-refractivity contribution is -0.130. The van der Waals surface area contributed by atoms with Crippen molar-refractivity contribution < 1.29 is 13.9 Å². The maximum atomic E-state index is 13.7. The van der Waals surface area contributed by atoms with Crippen LogP contribution in [0.4, 0.5) is 10.2 Å². The van der Waals surface area contributed by atoms with Gasteiger partial charge in [0, 0.05) is 46.8 Å². The second-order valence-corrected chi connectivity index (χ2v) is 12.5. The summed E-state index contributed by atoms with van der Waals surface area (Å²) < 4.78 is 20.1. The normalized spacial score (nSPS) is 22.6. The van der Waals surface area contributed by atoms with Crippen LogP contribution in [0.15, 0.2) is 55.1 Å². The molecule has 0 saturated carbocycles. The first kappa shape index (κ1) is 26.7. The van der Waals surface area contributed by atoms with Crippen molar-refractivity contribution in [3.05, 3.63) is 60.2 Å². The van der Waals surface area contributed by atoms with Gasteiger partial charge in [-0.3, -0.25) is 14.7 Å². The smallest absolute Gasteiger partial charge is 0.320 e. The average Bonchev–Trinajstić information content (AvgIpc) is 3.68. The number of amides is 1. The molecule has 4 aliphatic heterocycles. The summed E-state index contributed by atoms with van der Waals surface area (Å²) in [5.41, 5.74) is 2.08. The molecule has 8 rings (SSSR count). The fraction of sp³-hybridized carbons (Fsp3) is 0.406. The highest BCUT2D eigenvalue weighted by molar-refractivity contribution is 6.36. The van der Waals surface area contributed by atoms with Crippen molar-refractivity contribution in [3.8, 4) is 17.3 Å². The topological polar surface area (TPSA) is 87.6 Å². The van der Waals surface area contributed by atoms with E-state index in [0.717, 1.165) is 59.9 Å². The minimum atomic E-state index is -0.922. The zero-order chi connectivity index (χ0) is 29.3. The van der Waals surface area contributed by atoms with Crippen LogP contribution in [0, 0.1) is 0 Å². The number of anilines is 1. The van der Waals surface area contributed by atoms with Gasteiger partial charge < -0.3 is 14.5 Å². The molecule has 1 aromatic carbocycles. The van der Waals surface area contributed by atoms with Crippen LogP contribution in [0.5, 0.6) is 6.01 Å². The quantitative estimate of drug-likeness (QED) is 0.281. The Hall–Kier alpha value is -3.89. The molecule has 0 aliphatic carbocycles. The monoisotopic (exact) mass is 599 g/mol. The average molecular weight is 600 g/mol. The van der Waals surface area contributed by atoms with Crippen LogP contribution >= 0.6 is 11.6 Å². The van der Waals surface area contributed by atoms with Gasteiger partial charge in [-0.05, 0) is 63.4 Å². The van der Waals surface area contributed by atoms with Gasteiger partial charge in [-0.15, -0.1) is 0 Å². The number of nitrogens with zero attached hydrogens (tertiary/aromatic N) is 7. The van der Waals surface area contributed by atoms with Gasteiger partial charge in [0.25, 0.3) is 5.91 Å². The largest absolute Gasteiger partial charge is 0.461 e. The Morgan fingerprint density at radius 2 is 1.91 bits per heavy atom. The van der Waals surface area contributed by atoms with E-state index in [1.807, 2.05) is 30.3 Å².